The van der Waals surface area contributed by atoms with Gasteiger partial charge in [0, 0.05) is 18.8 Å². The molecular weight excluding hydrogens is 384 g/mol. The number of para-hydroxylation sites is 1. The van der Waals surface area contributed by atoms with E-state index in [-0.39, 0.29) is 11.7 Å². The molecule has 0 amide bonds. The maximum Gasteiger partial charge on any atom is 0.258 e. The maximum absolute atomic E-state index is 12.4. The van der Waals surface area contributed by atoms with Crippen molar-refractivity contribution in [2.75, 3.05) is 18.5 Å². The number of hydrogen-bond acceptors (Lipinski definition) is 4. The molecule has 0 spiro atoms. The first kappa shape index (κ1) is 19.5. The van der Waals surface area contributed by atoms with E-state index in [1.165, 1.54) is 0 Å². The minimum absolute atomic E-state index is 0.124. The Morgan fingerprint density at radius 3 is 2.97 bits per heavy atom. The first-order chi connectivity index (χ1) is 14.1. The third-order valence-corrected chi connectivity index (χ3v) is 5.37. The van der Waals surface area contributed by atoms with Crippen LogP contribution in [0.15, 0.2) is 53.3 Å². The quantitative estimate of drug-likeness (QED) is 0.629. The topological polar surface area (TPSA) is 70.2 Å². The fourth-order valence-electron chi connectivity index (χ4n) is 3.57. The lowest BCUT2D eigenvalue weighted by Crippen LogP contribution is -2.40. The average Bonchev–Trinajstić information content (AvgIpc) is 3.21. The summed E-state index contributed by atoms with van der Waals surface area (Å²) >= 11 is 5.70. The molecule has 7 heteroatoms. The Labute approximate surface area is 174 Å². The van der Waals surface area contributed by atoms with Gasteiger partial charge in [-0.2, -0.15) is 0 Å². The van der Waals surface area contributed by atoms with Gasteiger partial charge in [0.1, 0.15) is 5.82 Å². The minimum Gasteiger partial charge on any atom is -0.376 e. The molecule has 1 aromatic heterocycles. The van der Waals surface area contributed by atoms with Crippen molar-refractivity contribution in [3.05, 3.63) is 70.3 Å². The number of nitrogens with zero attached hydrogens (tertiary/aromatic N) is 2. The normalized spacial score (nSPS) is 16.1. The predicted octanol–water partition coefficient (Wildman–Crippen LogP) is 3.61. The second-order valence-electron chi connectivity index (χ2n) is 7.34. The fourth-order valence-corrected chi connectivity index (χ4v) is 3.83. The Kier molecular flexibility index (Phi) is 5.87. The van der Waals surface area contributed by atoms with Gasteiger partial charge in [-0.15, -0.1) is 0 Å². The highest BCUT2D eigenvalue weighted by molar-refractivity contribution is 7.80. The number of H-pyrrole nitrogens is 1. The van der Waals surface area contributed by atoms with Crippen molar-refractivity contribution < 1.29 is 4.74 Å². The van der Waals surface area contributed by atoms with Gasteiger partial charge in [-0.05, 0) is 61.8 Å². The van der Waals surface area contributed by atoms with Gasteiger partial charge in [-0.25, -0.2) is 4.98 Å². The van der Waals surface area contributed by atoms with Crippen LogP contribution in [0, 0.1) is 6.92 Å². The van der Waals surface area contributed by atoms with E-state index in [0.29, 0.717) is 34.9 Å². The molecule has 0 radical (unpaired) electrons. The van der Waals surface area contributed by atoms with E-state index < -0.39 is 0 Å². The van der Waals surface area contributed by atoms with Crippen LogP contribution in [-0.4, -0.2) is 39.2 Å². The summed E-state index contributed by atoms with van der Waals surface area (Å²) in [6, 6.07) is 15.4. The number of nitrogens with one attached hydrogen (secondary N) is 2. The van der Waals surface area contributed by atoms with E-state index in [4.69, 9.17) is 17.0 Å². The molecule has 0 bridgehead atoms. The molecule has 29 heavy (non-hydrogen) atoms. The van der Waals surface area contributed by atoms with Gasteiger partial charge in [0.25, 0.3) is 5.56 Å². The molecule has 0 saturated carbocycles. The SMILES string of the molecule is Cc1cccc(NC(=S)N(Cc2nc3ccccc3c(=O)[nH]2)C[C@@H]2CCCO2)c1. The Balaban J connectivity index is 1.58. The molecule has 1 fully saturated rings. The third kappa shape index (κ3) is 4.81. The smallest absolute Gasteiger partial charge is 0.258 e. The highest BCUT2D eigenvalue weighted by atomic mass is 32.1. The molecule has 150 valence electrons. The summed E-state index contributed by atoms with van der Waals surface area (Å²) in [7, 11) is 0. The summed E-state index contributed by atoms with van der Waals surface area (Å²) in [5.41, 5.74) is 2.64. The maximum atomic E-state index is 12.4. The zero-order chi connectivity index (χ0) is 20.2. The largest absolute Gasteiger partial charge is 0.376 e. The Hall–Kier alpha value is -2.77. The number of hydrogen-bond donors (Lipinski definition) is 2. The Morgan fingerprint density at radius 2 is 2.17 bits per heavy atom. The lowest BCUT2D eigenvalue weighted by Gasteiger charge is -2.28. The van der Waals surface area contributed by atoms with Crippen LogP contribution < -0.4 is 10.9 Å². The summed E-state index contributed by atoms with van der Waals surface area (Å²) in [6.07, 6.45) is 2.19. The predicted molar refractivity (Wildman–Crippen MR) is 119 cm³/mol. The average molecular weight is 409 g/mol. The van der Waals surface area contributed by atoms with Crippen LogP contribution in [0.5, 0.6) is 0 Å². The number of fused-ring (bicyclic) bond motifs is 1. The van der Waals surface area contributed by atoms with E-state index in [1.807, 2.05) is 54.3 Å². The molecular formula is C22H24N4O2S. The molecule has 2 aromatic carbocycles. The summed E-state index contributed by atoms with van der Waals surface area (Å²) < 4.78 is 5.81. The van der Waals surface area contributed by atoms with Crippen LogP contribution in [0.2, 0.25) is 0 Å². The summed E-state index contributed by atoms with van der Waals surface area (Å²) in [4.78, 5) is 22.0. The Bertz CT molecular complexity index is 1080. The van der Waals surface area contributed by atoms with Gasteiger partial charge in [-0.1, -0.05) is 24.3 Å². The van der Waals surface area contributed by atoms with Crippen LogP contribution in [0.1, 0.15) is 24.2 Å². The molecule has 2 N–H and O–H groups in total. The lowest BCUT2D eigenvalue weighted by molar-refractivity contribution is 0.0900. The molecule has 3 aromatic rings. The van der Waals surface area contributed by atoms with Gasteiger partial charge in [0.05, 0.1) is 23.6 Å². The molecule has 4 rings (SSSR count). The standard InChI is InChI=1S/C22H24N4O2S/c1-15-6-4-7-16(12-15)23-22(29)26(13-17-8-5-11-28-17)14-20-24-19-10-3-2-9-18(19)21(27)25-20/h2-4,6-7,9-10,12,17H,5,8,11,13-14H2,1H3,(H,23,29)(H,24,25,27)/t17-/m0/s1. The van der Waals surface area contributed by atoms with Crippen LogP contribution >= 0.6 is 12.2 Å². The van der Waals surface area contributed by atoms with E-state index >= 15 is 0 Å². The second kappa shape index (κ2) is 8.71. The molecule has 1 saturated heterocycles. The van der Waals surface area contributed by atoms with Crippen LogP contribution in [0.3, 0.4) is 0 Å². The van der Waals surface area contributed by atoms with Crippen molar-refractivity contribution >= 4 is 33.9 Å². The number of ether oxygens (including phenoxy) is 1. The van der Waals surface area contributed by atoms with E-state index in [1.54, 1.807) is 6.07 Å². The first-order valence-electron chi connectivity index (χ1n) is 9.80. The summed E-state index contributed by atoms with van der Waals surface area (Å²) in [6.45, 7) is 3.87. The monoisotopic (exact) mass is 408 g/mol. The third-order valence-electron chi connectivity index (χ3n) is 5.01. The highest BCUT2D eigenvalue weighted by Crippen LogP contribution is 2.17. The molecule has 0 aliphatic carbocycles. The van der Waals surface area contributed by atoms with Crippen LogP contribution in [0.4, 0.5) is 5.69 Å². The number of aromatic amines is 1. The van der Waals surface area contributed by atoms with E-state index in [0.717, 1.165) is 30.7 Å². The number of rotatable bonds is 5. The van der Waals surface area contributed by atoms with Gasteiger partial charge < -0.3 is 19.9 Å². The Morgan fingerprint density at radius 1 is 1.31 bits per heavy atom. The van der Waals surface area contributed by atoms with Crippen molar-refractivity contribution in [3.63, 3.8) is 0 Å². The number of benzene rings is 2. The highest BCUT2D eigenvalue weighted by Gasteiger charge is 2.22. The first-order valence-corrected chi connectivity index (χ1v) is 10.2. The van der Waals surface area contributed by atoms with Crippen molar-refractivity contribution in [3.8, 4) is 0 Å². The molecule has 0 unspecified atom stereocenters. The van der Waals surface area contributed by atoms with Gasteiger partial charge >= 0.3 is 0 Å². The number of aryl methyl sites for hydroxylation is 1. The molecule has 2 heterocycles. The molecule has 1 aliphatic heterocycles. The fraction of sp³-hybridized carbons (Fsp3) is 0.318. The van der Waals surface area contributed by atoms with Gasteiger partial charge in [0.2, 0.25) is 0 Å². The zero-order valence-corrected chi connectivity index (χ0v) is 17.2. The van der Waals surface area contributed by atoms with E-state index in [2.05, 4.69) is 15.3 Å². The minimum atomic E-state index is -0.139. The van der Waals surface area contributed by atoms with Crippen molar-refractivity contribution in [2.24, 2.45) is 0 Å². The molecule has 1 atom stereocenters. The van der Waals surface area contributed by atoms with Crippen molar-refractivity contribution in [1.29, 1.82) is 0 Å². The second-order valence-corrected chi connectivity index (χ2v) is 7.73. The summed E-state index contributed by atoms with van der Waals surface area (Å²) in [5.74, 6) is 0.583. The van der Waals surface area contributed by atoms with Gasteiger partial charge in [-0.3, -0.25) is 4.79 Å². The van der Waals surface area contributed by atoms with Crippen molar-refractivity contribution in [1.82, 2.24) is 14.9 Å². The lowest BCUT2D eigenvalue weighted by atomic mass is 10.2. The number of aromatic nitrogens is 2. The van der Waals surface area contributed by atoms with Crippen molar-refractivity contribution in [2.45, 2.75) is 32.4 Å². The number of thiocarbonyl (C=S) groups is 1. The van der Waals surface area contributed by atoms with E-state index in [9.17, 15) is 4.79 Å². The van der Waals surface area contributed by atoms with Crippen LogP contribution in [-0.2, 0) is 11.3 Å². The van der Waals surface area contributed by atoms with Gasteiger partial charge in [0.15, 0.2) is 5.11 Å². The summed E-state index contributed by atoms with van der Waals surface area (Å²) in [5, 5.41) is 4.48. The van der Waals surface area contributed by atoms with Crippen LogP contribution in [0.25, 0.3) is 10.9 Å². The zero-order valence-electron chi connectivity index (χ0n) is 16.4. The molecule has 1 aliphatic rings. The molecule has 6 nitrogen and oxygen atoms in total. The number of anilines is 1.